The van der Waals surface area contributed by atoms with E-state index in [0.717, 1.165) is 33.2 Å². The van der Waals surface area contributed by atoms with Gasteiger partial charge in [-0.25, -0.2) is 4.39 Å². The van der Waals surface area contributed by atoms with Crippen LogP contribution in [-0.4, -0.2) is 41.7 Å². The number of aryl methyl sites for hydroxylation is 1. The van der Waals surface area contributed by atoms with Crippen LogP contribution < -0.4 is 0 Å². The Bertz CT molecular complexity index is 1080. The SMILES string of the molecule is CCC(=O)N1CCC(F)(C(OC)c2ccc(-c3ccc4cccnc4c3C)cc2)CC1.Cl. The standard InChI is InChI=1S/C26H29FN2O2.ClH/c1-4-23(30)29-16-13-26(27,14-17-29)25(31-3)21-9-7-19(8-10-21)22-12-11-20-6-5-15-28-24(20)18(22)2;/h5-12,15,25H,4,13-14,16-17H2,1-3H3;1H. The summed E-state index contributed by atoms with van der Waals surface area (Å²) in [5.41, 5.74) is 3.65. The van der Waals surface area contributed by atoms with Gasteiger partial charge >= 0.3 is 0 Å². The Morgan fingerprint density at radius 1 is 1.16 bits per heavy atom. The number of aromatic nitrogens is 1. The van der Waals surface area contributed by atoms with Crippen LogP contribution in [0.15, 0.2) is 54.7 Å². The molecule has 170 valence electrons. The molecule has 4 nitrogen and oxygen atoms in total. The molecule has 1 amide bonds. The summed E-state index contributed by atoms with van der Waals surface area (Å²) in [7, 11) is 1.56. The van der Waals surface area contributed by atoms with Crippen molar-refractivity contribution in [3.8, 4) is 11.1 Å². The van der Waals surface area contributed by atoms with Gasteiger partial charge in [-0.05, 0) is 35.2 Å². The fraction of sp³-hybridized carbons (Fsp3) is 0.385. The van der Waals surface area contributed by atoms with Crippen LogP contribution in [-0.2, 0) is 9.53 Å². The molecule has 1 aliphatic heterocycles. The van der Waals surface area contributed by atoms with Gasteiger partial charge < -0.3 is 9.64 Å². The van der Waals surface area contributed by atoms with Crippen molar-refractivity contribution < 1.29 is 13.9 Å². The van der Waals surface area contributed by atoms with Crippen LogP contribution in [0.3, 0.4) is 0 Å². The van der Waals surface area contributed by atoms with Gasteiger partial charge in [0.05, 0.1) is 5.52 Å². The average molecular weight is 457 g/mol. The number of halogens is 2. The first-order chi connectivity index (χ1) is 15.0. The lowest BCUT2D eigenvalue weighted by molar-refractivity contribution is -0.136. The third-order valence-electron chi connectivity index (χ3n) is 6.51. The number of hydrogen-bond donors (Lipinski definition) is 0. The lowest BCUT2D eigenvalue weighted by atomic mass is 9.83. The van der Waals surface area contributed by atoms with Crippen LogP contribution >= 0.6 is 12.4 Å². The molecule has 1 unspecified atom stereocenters. The maximum Gasteiger partial charge on any atom is 0.222 e. The molecule has 1 fully saturated rings. The van der Waals surface area contributed by atoms with E-state index in [1.54, 1.807) is 12.0 Å². The Morgan fingerprint density at radius 2 is 1.84 bits per heavy atom. The normalized spacial score (nSPS) is 16.4. The van der Waals surface area contributed by atoms with E-state index in [4.69, 9.17) is 4.74 Å². The van der Waals surface area contributed by atoms with Gasteiger partial charge in [-0.3, -0.25) is 9.78 Å². The number of fused-ring (bicyclic) bond motifs is 1. The minimum atomic E-state index is -1.48. The third kappa shape index (κ3) is 4.50. The number of pyridine rings is 1. The number of benzene rings is 2. The highest BCUT2D eigenvalue weighted by atomic mass is 35.5. The van der Waals surface area contributed by atoms with E-state index in [0.29, 0.717) is 19.5 Å². The zero-order chi connectivity index (χ0) is 22.0. The molecule has 0 radical (unpaired) electrons. The Kier molecular flexibility index (Phi) is 7.52. The summed E-state index contributed by atoms with van der Waals surface area (Å²) in [6.45, 7) is 4.79. The summed E-state index contributed by atoms with van der Waals surface area (Å²) in [5.74, 6) is 0.0839. The predicted molar refractivity (Wildman–Crippen MR) is 129 cm³/mol. The Labute approximate surface area is 195 Å². The van der Waals surface area contributed by atoms with Crippen molar-refractivity contribution in [2.75, 3.05) is 20.2 Å². The maximum atomic E-state index is 15.9. The number of methoxy groups -OCH3 is 1. The number of piperidine rings is 1. The van der Waals surface area contributed by atoms with Gasteiger partial charge in [-0.1, -0.05) is 49.4 Å². The number of rotatable bonds is 5. The molecule has 1 aliphatic rings. The third-order valence-corrected chi connectivity index (χ3v) is 6.51. The number of ether oxygens (including phenoxy) is 1. The van der Waals surface area contributed by atoms with Crippen LogP contribution in [0, 0.1) is 6.92 Å². The molecule has 1 aromatic heterocycles. The summed E-state index contributed by atoms with van der Waals surface area (Å²) in [5, 5.41) is 1.12. The van der Waals surface area contributed by atoms with Gasteiger partial charge in [-0.2, -0.15) is 0 Å². The highest BCUT2D eigenvalue weighted by molar-refractivity contribution is 5.88. The highest BCUT2D eigenvalue weighted by Gasteiger charge is 2.43. The zero-order valence-electron chi connectivity index (χ0n) is 18.8. The van der Waals surface area contributed by atoms with Crippen molar-refractivity contribution in [3.63, 3.8) is 0 Å². The predicted octanol–water partition coefficient (Wildman–Crippen LogP) is 6.06. The first-order valence-corrected chi connectivity index (χ1v) is 10.9. The van der Waals surface area contributed by atoms with Gasteiger partial charge in [-0.15, -0.1) is 12.4 Å². The summed E-state index contributed by atoms with van der Waals surface area (Å²) in [4.78, 5) is 18.2. The molecule has 0 saturated carbocycles. The van der Waals surface area contributed by atoms with Crippen LogP contribution in [0.25, 0.3) is 22.0 Å². The van der Waals surface area contributed by atoms with Crippen molar-refractivity contribution in [1.82, 2.24) is 9.88 Å². The summed E-state index contributed by atoms with van der Waals surface area (Å²) >= 11 is 0. The fourth-order valence-corrected chi connectivity index (χ4v) is 4.70. The van der Waals surface area contributed by atoms with E-state index in [1.807, 2.05) is 43.5 Å². The van der Waals surface area contributed by atoms with Crippen molar-refractivity contribution in [1.29, 1.82) is 0 Å². The molecule has 0 aliphatic carbocycles. The minimum Gasteiger partial charge on any atom is -0.373 e. The molecule has 1 atom stereocenters. The lowest BCUT2D eigenvalue weighted by Crippen LogP contribution is -2.47. The number of hydrogen-bond acceptors (Lipinski definition) is 3. The van der Waals surface area contributed by atoms with Gasteiger partial charge in [0.1, 0.15) is 11.8 Å². The van der Waals surface area contributed by atoms with Crippen molar-refractivity contribution >= 4 is 29.2 Å². The van der Waals surface area contributed by atoms with Crippen LogP contribution in [0.4, 0.5) is 4.39 Å². The van der Waals surface area contributed by atoms with E-state index >= 15 is 4.39 Å². The van der Waals surface area contributed by atoms with E-state index in [1.165, 1.54) is 0 Å². The molecule has 2 heterocycles. The Morgan fingerprint density at radius 3 is 2.47 bits per heavy atom. The maximum absolute atomic E-state index is 15.9. The molecular formula is C26H30ClFN2O2. The minimum absolute atomic E-state index is 0. The number of carbonyl (C=O) groups is 1. The zero-order valence-corrected chi connectivity index (χ0v) is 19.6. The topological polar surface area (TPSA) is 42.4 Å². The largest absolute Gasteiger partial charge is 0.373 e. The Hall–Kier alpha value is -2.50. The second kappa shape index (κ2) is 9.97. The first-order valence-electron chi connectivity index (χ1n) is 10.9. The molecule has 0 spiro atoms. The number of carbonyl (C=O) groups excluding carboxylic acids is 1. The molecule has 3 aromatic rings. The quantitative estimate of drug-likeness (QED) is 0.468. The summed E-state index contributed by atoms with van der Waals surface area (Å²) in [6.07, 6.45) is 2.19. The second-order valence-corrected chi connectivity index (χ2v) is 8.32. The number of amides is 1. The van der Waals surface area contributed by atoms with Crippen LogP contribution in [0.5, 0.6) is 0 Å². The van der Waals surface area contributed by atoms with Crippen LogP contribution in [0.2, 0.25) is 0 Å². The highest BCUT2D eigenvalue weighted by Crippen LogP contribution is 2.41. The molecule has 0 N–H and O–H groups in total. The van der Waals surface area contributed by atoms with Gasteiger partial charge in [0.15, 0.2) is 0 Å². The van der Waals surface area contributed by atoms with Crippen molar-refractivity contribution in [2.24, 2.45) is 0 Å². The van der Waals surface area contributed by atoms with E-state index in [-0.39, 0.29) is 31.2 Å². The van der Waals surface area contributed by atoms with Gasteiger partial charge in [0.25, 0.3) is 0 Å². The van der Waals surface area contributed by atoms with Crippen LogP contribution in [0.1, 0.15) is 43.4 Å². The van der Waals surface area contributed by atoms with Gasteiger partial charge in [0, 0.05) is 51.0 Å². The first kappa shape index (κ1) is 24.1. The molecule has 1 saturated heterocycles. The smallest absolute Gasteiger partial charge is 0.222 e. The number of nitrogens with zero attached hydrogens (tertiary/aromatic N) is 2. The molecule has 6 heteroatoms. The Balaban J connectivity index is 0.00000289. The lowest BCUT2D eigenvalue weighted by Gasteiger charge is -2.40. The monoisotopic (exact) mass is 456 g/mol. The molecule has 4 rings (SSSR count). The van der Waals surface area contributed by atoms with E-state index in [9.17, 15) is 4.79 Å². The number of likely N-dealkylation sites (tertiary alicyclic amines) is 1. The average Bonchev–Trinajstić information content (AvgIpc) is 2.80. The van der Waals surface area contributed by atoms with Gasteiger partial charge in [0.2, 0.25) is 5.91 Å². The molecule has 2 aromatic carbocycles. The van der Waals surface area contributed by atoms with E-state index < -0.39 is 11.8 Å². The van der Waals surface area contributed by atoms with E-state index in [2.05, 4.69) is 30.1 Å². The summed E-state index contributed by atoms with van der Waals surface area (Å²) in [6, 6.07) is 16.2. The molecule has 32 heavy (non-hydrogen) atoms. The second-order valence-electron chi connectivity index (χ2n) is 8.32. The fourth-order valence-electron chi connectivity index (χ4n) is 4.70. The van der Waals surface area contributed by atoms with Crippen molar-refractivity contribution in [2.45, 2.75) is 44.9 Å². The van der Waals surface area contributed by atoms with Crippen molar-refractivity contribution in [3.05, 3.63) is 65.9 Å². The molecule has 0 bridgehead atoms. The molecular weight excluding hydrogens is 427 g/mol. The number of alkyl halides is 1. The summed E-state index contributed by atoms with van der Waals surface area (Å²) < 4.78 is 21.5.